The van der Waals surface area contributed by atoms with Crippen molar-refractivity contribution in [1.82, 2.24) is 9.29 Å². The van der Waals surface area contributed by atoms with Crippen LogP contribution in [0, 0.1) is 6.92 Å². The van der Waals surface area contributed by atoms with E-state index in [0.717, 1.165) is 29.0 Å². The quantitative estimate of drug-likeness (QED) is 0.595. The maximum atomic E-state index is 13.1. The maximum absolute atomic E-state index is 13.1. The van der Waals surface area contributed by atoms with E-state index in [1.54, 1.807) is 19.1 Å². The van der Waals surface area contributed by atoms with E-state index >= 15 is 0 Å². The summed E-state index contributed by atoms with van der Waals surface area (Å²) in [4.78, 5) is 17.6. The SMILES string of the molecule is Cc1ccc(C(=O)Nc2nc(-c3ccc4c(c3)CCO4)cs2)cc1S(=O)(=O)N1CCOCC1. The highest BCUT2D eigenvalue weighted by Crippen LogP contribution is 2.32. The molecule has 1 amide bonds. The number of thiazole rings is 1. The van der Waals surface area contributed by atoms with Gasteiger partial charge in [-0.15, -0.1) is 11.3 Å². The van der Waals surface area contributed by atoms with E-state index in [1.165, 1.54) is 21.7 Å². The molecule has 1 saturated heterocycles. The lowest BCUT2D eigenvalue weighted by Gasteiger charge is -2.26. The number of aryl methyl sites for hydroxylation is 1. The van der Waals surface area contributed by atoms with Crippen molar-refractivity contribution in [3.05, 3.63) is 58.5 Å². The molecule has 2 aliphatic rings. The number of nitrogens with zero attached hydrogens (tertiary/aromatic N) is 2. The lowest BCUT2D eigenvalue weighted by Crippen LogP contribution is -2.40. The summed E-state index contributed by atoms with van der Waals surface area (Å²) in [6.07, 6.45) is 0.875. The zero-order chi connectivity index (χ0) is 23.0. The van der Waals surface area contributed by atoms with Crippen LogP contribution >= 0.6 is 11.3 Å². The number of amides is 1. The minimum Gasteiger partial charge on any atom is -0.493 e. The molecule has 0 atom stereocenters. The van der Waals surface area contributed by atoms with Gasteiger partial charge in [0.15, 0.2) is 5.13 Å². The van der Waals surface area contributed by atoms with Crippen LogP contribution in [0.25, 0.3) is 11.3 Å². The largest absolute Gasteiger partial charge is 0.493 e. The van der Waals surface area contributed by atoms with Crippen molar-refractivity contribution in [3.8, 4) is 17.0 Å². The molecule has 2 aromatic carbocycles. The average Bonchev–Trinajstić information content (AvgIpc) is 3.48. The van der Waals surface area contributed by atoms with Gasteiger partial charge in [-0.05, 0) is 48.4 Å². The molecule has 0 saturated carbocycles. The first-order chi connectivity index (χ1) is 15.9. The first-order valence-corrected chi connectivity index (χ1v) is 13.0. The summed E-state index contributed by atoms with van der Waals surface area (Å²) in [5.74, 6) is 0.501. The molecule has 172 valence electrons. The van der Waals surface area contributed by atoms with Gasteiger partial charge in [0, 0.05) is 36.0 Å². The van der Waals surface area contributed by atoms with Gasteiger partial charge in [0.05, 0.1) is 30.4 Å². The van der Waals surface area contributed by atoms with Gasteiger partial charge in [-0.1, -0.05) is 6.07 Å². The Morgan fingerprint density at radius 1 is 1.12 bits per heavy atom. The Balaban J connectivity index is 1.35. The van der Waals surface area contributed by atoms with Gasteiger partial charge < -0.3 is 9.47 Å². The summed E-state index contributed by atoms with van der Waals surface area (Å²) in [6, 6.07) is 10.7. The van der Waals surface area contributed by atoms with Crippen molar-refractivity contribution < 1.29 is 22.7 Å². The number of carbonyl (C=O) groups excluding carboxylic acids is 1. The lowest BCUT2D eigenvalue weighted by molar-refractivity contribution is 0.0730. The number of fused-ring (bicyclic) bond motifs is 1. The van der Waals surface area contributed by atoms with Crippen molar-refractivity contribution in [1.29, 1.82) is 0 Å². The number of carbonyl (C=O) groups is 1. The van der Waals surface area contributed by atoms with Crippen LogP contribution in [0.1, 0.15) is 21.5 Å². The summed E-state index contributed by atoms with van der Waals surface area (Å²) in [6.45, 7) is 3.74. The minimum absolute atomic E-state index is 0.136. The highest BCUT2D eigenvalue weighted by molar-refractivity contribution is 7.89. The molecule has 0 unspecified atom stereocenters. The van der Waals surface area contributed by atoms with E-state index in [9.17, 15) is 13.2 Å². The maximum Gasteiger partial charge on any atom is 0.257 e. The van der Waals surface area contributed by atoms with Gasteiger partial charge in [0.1, 0.15) is 5.75 Å². The van der Waals surface area contributed by atoms with Crippen LogP contribution in [0.4, 0.5) is 5.13 Å². The first-order valence-electron chi connectivity index (χ1n) is 10.6. The minimum atomic E-state index is -3.71. The molecular formula is C23H23N3O5S2. The van der Waals surface area contributed by atoms with E-state index in [0.29, 0.717) is 43.6 Å². The highest BCUT2D eigenvalue weighted by Gasteiger charge is 2.28. The van der Waals surface area contributed by atoms with Crippen LogP contribution in [0.15, 0.2) is 46.7 Å². The summed E-state index contributed by atoms with van der Waals surface area (Å²) in [5, 5.41) is 5.13. The van der Waals surface area contributed by atoms with Gasteiger partial charge in [-0.3, -0.25) is 10.1 Å². The standard InChI is InChI=1S/C23H23N3O5S2/c1-15-2-3-18(13-21(15)33(28,29)26-7-10-30-11-8-26)22(27)25-23-24-19(14-32-23)16-4-5-20-17(12-16)6-9-31-20/h2-5,12-14H,6-11H2,1H3,(H,24,25,27). The summed E-state index contributed by atoms with van der Waals surface area (Å²) < 4.78 is 38.4. The molecule has 8 nitrogen and oxygen atoms in total. The van der Waals surface area contributed by atoms with E-state index in [4.69, 9.17) is 9.47 Å². The molecule has 2 aliphatic heterocycles. The molecule has 10 heteroatoms. The van der Waals surface area contributed by atoms with Crippen molar-refractivity contribution in [2.75, 3.05) is 38.2 Å². The highest BCUT2D eigenvalue weighted by atomic mass is 32.2. The fourth-order valence-electron chi connectivity index (χ4n) is 3.92. The number of benzene rings is 2. The molecule has 0 spiro atoms. The first kappa shape index (κ1) is 22.0. The molecule has 3 heterocycles. The molecule has 1 fully saturated rings. The van der Waals surface area contributed by atoms with E-state index < -0.39 is 15.9 Å². The predicted octanol–water partition coefficient (Wildman–Crippen LogP) is 3.33. The molecule has 1 aromatic heterocycles. The Bertz CT molecular complexity index is 1310. The molecular weight excluding hydrogens is 462 g/mol. The third-order valence-electron chi connectivity index (χ3n) is 5.75. The summed E-state index contributed by atoms with van der Waals surface area (Å²) in [5.41, 5.74) is 3.74. The fraction of sp³-hybridized carbons (Fsp3) is 0.304. The van der Waals surface area contributed by atoms with Gasteiger partial charge in [0.25, 0.3) is 5.91 Å². The van der Waals surface area contributed by atoms with Crippen LogP contribution in [-0.4, -0.2) is 56.5 Å². The molecule has 1 N–H and O–H groups in total. The second-order valence-electron chi connectivity index (χ2n) is 7.91. The van der Waals surface area contributed by atoms with Gasteiger partial charge in [-0.2, -0.15) is 4.31 Å². The topological polar surface area (TPSA) is 97.8 Å². The van der Waals surface area contributed by atoms with Crippen LogP contribution in [0.2, 0.25) is 0 Å². The molecule has 33 heavy (non-hydrogen) atoms. The number of sulfonamides is 1. The Labute approximate surface area is 196 Å². The number of ether oxygens (including phenoxy) is 2. The second-order valence-corrected chi connectivity index (χ2v) is 10.7. The Kier molecular flexibility index (Phi) is 5.92. The monoisotopic (exact) mass is 485 g/mol. The van der Waals surface area contributed by atoms with Gasteiger partial charge in [-0.25, -0.2) is 13.4 Å². The Morgan fingerprint density at radius 2 is 1.94 bits per heavy atom. The van der Waals surface area contributed by atoms with Gasteiger partial charge >= 0.3 is 0 Å². The number of nitrogens with one attached hydrogen (secondary N) is 1. The van der Waals surface area contributed by atoms with Gasteiger partial charge in [0.2, 0.25) is 10.0 Å². The fourth-order valence-corrected chi connectivity index (χ4v) is 6.30. The van der Waals surface area contributed by atoms with Crippen molar-refractivity contribution >= 4 is 32.4 Å². The zero-order valence-electron chi connectivity index (χ0n) is 18.0. The number of anilines is 1. The molecule has 0 aliphatic carbocycles. The van der Waals surface area contributed by atoms with E-state index in [2.05, 4.69) is 16.4 Å². The number of aromatic nitrogens is 1. The third kappa shape index (κ3) is 4.39. The van der Waals surface area contributed by atoms with Crippen LogP contribution in [0.3, 0.4) is 0 Å². The number of hydrogen-bond donors (Lipinski definition) is 1. The van der Waals surface area contributed by atoms with Crippen molar-refractivity contribution in [2.45, 2.75) is 18.2 Å². The smallest absolute Gasteiger partial charge is 0.257 e. The predicted molar refractivity (Wildman–Crippen MR) is 125 cm³/mol. The lowest BCUT2D eigenvalue weighted by atomic mass is 10.1. The summed E-state index contributed by atoms with van der Waals surface area (Å²) >= 11 is 1.32. The molecule has 3 aromatic rings. The number of rotatable bonds is 5. The van der Waals surface area contributed by atoms with E-state index in [-0.39, 0.29) is 10.5 Å². The van der Waals surface area contributed by atoms with E-state index in [1.807, 2.05) is 17.5 Å². The Morgan fingerprint density at radius 3 is 2.76 bits per heavy atom. The molecule has 0 radical (unpaired) electrons. The van der Waals surface area contributed by atoms with Crippen molar-refractivity contribution in [3.63, 3.8) is 0 Å². The Hall–Kier alpha value is -2.79. The molecule has 0 bridgehead atoms. The van der Waals surface area contributed by atoms with Crippen LogP contribution < -0.4 is 10.1 Å². The second kappa shape index (κ2) is 8.86. The number of hydrogen-bond acceptors (Lipinski definition) is 7. The zero-order valence-corrected chi connectivity index (χ0v) is 19.7. The molecule has 5 rings (SSSR count). The third-order valence-corrected chi connectivity index (χ3v) is 8.55. The van der Waals surface area contributed by atoms with Crippen LogP contribution in [0.5, 0.6) is 5.75 Å². The average molecular weight is 486 g/mol. The number of morpholine rings is 1. The van der Waals surface area contributed by atoms with Crippen LogP contribution in [-0.2, 0) is 21.2 Å². The normalized spacial score (nSPS) is 16.3. The summed E-state index contributed by atoms with van der Waals surface area (Å²) in [7, 11) is -3.71. The van der Waals surface area contributed by atoms with Crippen molar-refractivity contribution in [2.24, 2.45) is 0 Å².